The first kappa shape index (κ1) is 17.8. The zero-order valence-corrected chi connectivity index (χ0v) is 12.4. The van der Waals surface area contributed by atoms with Crippen LogP contribution in [0, 0.1) is 5.92 Å². The Bertz CT molecular complexity index is 503. The number of rotatable bonds is 6. The number of carboxylic acid groups (broad SMARTS) is 1. The molecule has 0 fully saturated rings. The Morgan fingerprint density at radius 1 is 1.33 bits per heavy atom. The molecule has 0 unspecified atom stereocenters. The Morgan fingerprint density at radius 2 is 1.95 bits per heavy atom. The zero-order valence-electron chi connectivity index (χ0n) is 11.7. The van der Waals surface area contributed by atoms with Gasteiger partial charge in [-0.15, -0.1) is 0 Å². The Morgan fingerprint density at radius 3 is 2.43 bits per heavy atom. The van der Waals surface area contributed by atoms with Gasteiger partial charge in [0.15, 0.2) is 0 Å². The average Bonchev–Trinajstić information content (AvgIpc) is 2.32. The van der Waals surface area contributed by atoms with Crippen molar-refractivity contribution in [1.82, 2.24) is 5.32 Å². The molecule has 0 bridgehead atoms. The van der Waals surface area contributed by atoms with E-state index < -0.39 is 23.8 Å². The number of alkyl halides is 3. The molecule has 7 heteroatoms. The molecule has 3 nitrogen and oxygen atoms in total. The molecular formula is C14H17ClF3NO2. The van der Waals surface area contributed by atoms with Crippen LogP contribution < -0.4 is 5.32 Å². The molecule has 2 N–H and O–H groups in total. The second kappa shape index (κ2) is 7.13. The summed E-state index contributed by atoms with van der Waals surface area (Å²) in [5.41, 5.74) is -0.549. The average molecular weight is 324 g/mol. The Kier molecular flexibility index (Phi) is 6.04. The quantitative estimate of drug-likeness (QED) is 0.833. The van der Waals surface area contributed by atoms with Crippen molar-refractivity contribution in [1.29, 1.82) is 0 Å². The van der Waals surface area contributed by atoms with E-state index in [1.54, 1.807) is 0 Å². The first-order chi connectivity index (χ1) is 9.59. The van der Waals surface area contributed by atoms with E-state index in [0.717, 1.165) is 12.1 Å². The fourth-order valence-electron chi connectivity index (χ4n) is 1.90. The third-order valence-electron chi connectivity index (χ3n) is 2.84. The predicted molar refractivity (Wildman–Crippen MR) is 74.2 cm³/mol. The molecule has 0 spiro atoms. The number of aliphatic carboxylic acids is 1. The molecule has 0 amide bonds. The number of nitrogens with one attached hydrogen (secondary N) is 1. The maximum atomic E-state index is 12.7. The van der Waals surface area contributed by atoms with Gasteiger partial charge in [0, 0.05) is 11.6 Å². The number of carboxylic acids is 1. The lowest BCUT2D eigenvalue weighted by atomic mass is 10.0. The number of hydrogen-bond acceptors (Lipinski definition) is 2. The van der Waals surface area contributed by atoms with Crippen molar-refractivity contribution in [3.8, 4) is 0 Å². The second-order valence-corrected chi connectivity index (χ2v) is 5.68. The number of halogens is 4. The molecule has 0 saturated carbocycles. The van der Waals surface area contributed by atoms with E-state index in [4.69, 9.17) is 16.7 Å². The van der Waals surface area contributed by atoms with Crippen LogP contribution in [0.1, 0.15) is 31.4 Å². The molecule has 0 aliphatic rings. The van der Waals surface area contributed by atoms with E-state index in [-0.39, 0.29) is 17.5 Å². The summed E-state index contributed by atoms with van der Waals surface area (Å²) < 4.78 is 38.0. The molecule has 0 aromatic heterocycles. The van der Waals surface area contributed by atoms with Crippen LogP contribution in [-0.2, 0) is 17.5 Å². The van der Waals surface area contributed by atoms with Crippen molar-refractivity contribution in [2.24, 2.45) is 5.92 Å². The summed E-state index contributed by atoms with van der Waals surface area (Å²) in [5.74, 6) is -0.870. The summed E-state index contributed by atoms with van der Waals surface area (Å²) >= 11 is 5.67. The molecule has 0 aliphatic heterocycles. The van der Waals surface area contributed by atoms with Crippen LogP contribution in [-0.4, -0.2) is 17.1 Å². The molecule has 1 atom stereocenters. The van der Waals surface area contributed by atoms with Gasteiger partial charge in [0.2, 0.25) is 0 Å². The third-order valence-corrected chi connectivity index (χ3v) is 3.06. The summed E-state index contributed by atoms with van der Waals surface area (Å²) in [4.78, 5) is 11.1. The zero-order chi connectivity index (χ0) is 16.2. The van der Waals surface area contributed by atoms with Crippen LogP contribution in [0.15, 0.2) is 18.2 Å². The van der Waals surface area contributed by atoms with Crippen molar-refractivity contribution in [2.75, 3.05) is 0 Å². The van der Waals surface area contributed by atoms with Crippen LogP contribution >= 0.6 is 11.6 Å². The van der Waals surface area contributed by atoms with Crippen molar-refractivity contribution < 1.29 is 23.1 Å². The third kappa shape index (κ3) is 5.93. The lowest BCUT2D eigenvalue weighted by Crippen LogP contribution is -2.37. The smallest absolute Gasteiger partial charge is 0.416 e. The predicted octanol–water partition coefficient (Wildman–Crippen LogP) is 3.95. The largest absolute Gasteiger partial charge is 0.480 e. The standard InChI is InChI=1S/C14H17ClF3NO2/c1-8(2)3-12(13(20)21)19-7-9-4-10(14(16,17)18)6-11(15)5-9/h4-6,8,12,19H,3,7H2,1-2H3,(H,20,21)/t12-/m0/s1. The fourth-order valence-corrected chi connectivity index (χ4v) is 2.16. The first-order valence-corrected chi connectivity index (χ1v) is 6.80. The topological polar surface area (TPSA) is 49.3 Å². The van der Waals surface area contributed by atoms with Gasteiger partial charge in [-0.1, -0.05) is 25.4 Å². The molecule has 0 aliphatic carbocycles. The summed E-state index contributed by atoms with van der Waals surface area (Å²) in [6.07, 6.45) is -4.09. The van der Waals surface area contributed by atoms with E-state index in [1.807, 2.05) is 13.8 Å². The molecule has 1 rings (SSSR count). The van der Waals surface area contributed by atoms with E-state index in [1.165, 1.54) is 6.07 Å². The minimum absolute atomic E-state index is 0.00727. The SMILES string of the molecule is CC(C)C[C@H](NCc1cc(Cl)cc(C(F)(F)F)c1)C(=O)O. The van der Waals surface area contributed by atoms with Crippen LogP contribution in [0.25, 0.3) is 0 Å². The molecule has 0 saturated heterocycles. The maximum absolute atomic E-state index is 12.7. The van der Waals surface area contributed by atoms with E-state index in [9.17, 15) is 18.0 Å². The monoisotopic (exact) mass is 323 g/mol. The van der Waals surface area contributed by atoms with Gasteiger partial charge in [-0.25, -0.2) is 0 Å². The van der Waals surface area contributed by atoms with Gasteiger partial charge in [-0.3, -0.25) is 4.79 Å². The molecule has 1 aromatic carbocycles. The van der Waals surface area contributed by atoms with Crippen LogP contribution in [0.3, 0.4) is 0 Å². The van der Waals surface area contributed by atoms with Gasteiger partial charge < -0.3 is 10.4 Å². The van der Waals surface area contributed by atoms with Gasteiger partial charge in [0.1, 0.15) is 6.04 Å². The van der Waals surface area contributed by atoms with Crippen LogP contribution in [0.4, 0.5) is 13.2 Å². The van der Waals surface area contributed by atoms with E-state index in [0.29, 0.717) is 12.0 Å². The minimum atomic E-state index is -4.48. The number of carbonyl (C=O) groups is 1. The van der Waals surface area contributed by atoms with Gasteiger partial charge in [0.25, 0.3) is 0 Å². The minimum Gasteiger partial charge on any atom is -0.480 e. The lowest BCUT2D eigenvalue weighted by molar-refractivity contribution is -0.140. The number of benzene rings is 1. The highest BCUT2D eigenvalue weighted by Crippen LogP contribution is 2.31. The Labute approximate surface area is 126 Å². The second-order valence-electron chi connectivity index (χ2n) is 5.25. The molecular weight excluding hydrogens is 307 g/mol. The van der Waals surface area contributed by atoms with Crippen molar-refractivity contribution in [3.63, 3.8) is 0 Å². The maximum Gasteiger partial charge on any atom is 0.416 e. The van der Waals surface area contributed by atoms with E-state index in [2.05, 4.69) is 5.32 Å². The van der Waals surface area contributed by atoms with Crippen molar-refractivity contribution in [2.45, 2.75) is 39.0 Å². The lowest BCUT2D eigenvalue weighted by Gasteiger charge is -2.17. The molecule has 1 aromatic rings. The van der Waals surface area contributed by atoms with Crippen molar-refractivity contribution >= 4 is 17.6 Å². The van der Waals surface area contributed by atoms with Crippen LogP contribution in [0.5, 0.6) is 0 Å². The molecule has 118 valence electrons. The summed E-state index contributed by atoms with van der Waals surface area (Å²) in [5, 5.41) is 11.8. The summed E-state index contributed by atoms with van der Waals surface area (Å²) in [7, 11) is 0. The normalized spacial score (nSPS) is 13.5. The van der Waals surface area contributed by atoms with E-state index >= 15 is 0 Å². The molecule has 21 heavy (non-hydrogen) atoms. The van der Waals surface area contributed by atoms with Crippen LogP contribution in [0.2, 0.25) is 5.02 Å². The fraction of sp³-hybridized carbons (Fsp3) is 0.500. The number of hydrogen-bond donors (Lipinski definition) is 2. The highest BCUT2D eigenvalue weighted by molar-refractivity contribution is 6.30. The first-order valence-electron chi connectivity index (χ1n) is 6.42. The highest BCUT2D eigenvalue weighted by atomic mass is 35.5. The highest BCUT2D eigenvalue weighted by Gasteiger charge is 2.31. The molecule has 0 radical (unpaired) electrons. The van der Waals surface area contributed by atoms with Crippen molar-refractivity contribution in [3.05, 3.63) is 34.3 Å². The summed E-state index contributed by atoms with van der Waals surface area (Å²) in [6.45, 7) is 3.75. The van der Waals surface area contributed by atoms with Gasteiger partial charge in [0.05, 0.1) is 5.56 Å². The van der Waals surface area contributed by atoms with Gasteiger partial charge >= 0.3 is 12.1 Å². The molecule has 0 heterocycles. The Hall–Kier alpha value is -1.27. The van der Waals surface area contributed by atoms with Gasteiger partial charge in [-0.2, -0.15) is 13.2 Å². The summed E-state index contributed by atoms with van der Waals surface area (Å²) in [6, 6.07) is 2.39. The van der Waals surface area contributed by atoms with Gasteiger partial charge in [-0.05, 0) is 36.1 Å². The Balaban J connectivity index is 2.83.